The van der Waals surface area contributed by atoms with Crippen LogP contribution in [0.2, 0.25) is 0 Å². The second-order valence-electron chi connectivity index (χ2n) is 6.23. The molecule has 1 aliphatic rings. The number of hydrogen-bond acceptors (Lipinski definition) is 4. The average Bonchev–Trinajstić information content (AvgIpc) is 2.96. The number of aromatic nitrogens is 1. The van der Waals surface area contributed by atoms with Crippen LogP contribution in [0.25, 0.3) is 10.9 Å². The maximum atomic E-state index is 10.0. The van der Waals surface area contributed by atoms with Crippen molar-refractivity contribution in [2.45, 2.75) is 18.9 Å². The molecule has 0 fully saturated rings. The van der Waals surface area contributed by atoms with Crippen LogP contribution in [-0.2, 0) is 12.8 Å². The van der Waals surface area contributed by atoms with E-state index in [1.165, 1.54) is 0 Å². The van der Waals surface area contributed by atoms with Crippen molar-refractivity contribution in [1.29, 1.82) is 0 Å². The first-order valence-electron chi connectivity index (χ1n) is 8.08. The van der Waals surface area contributed by atoms with Crippen LogP contribution >= 0.6 is 0 Å². The van der Waals surface area contributed by atoms with Crippen LogP contribution in [0.5, 0.6) is 17.2 Å². The molecule has 0 bridgehead atoms. The Balaban J connectivity index is 1.72. The van der Waals surface area contributed by atoms with Crippen molar-refractivity contribution in [3.05, 3.63) is 53.2 Å². The second kappa shape index (κ2) is 5.76. The van der Waals surface area contributed by atoms with Crippen molar-refractivity contribution in [1.82, 2.24) is 10.3 Å². The Kier molecular flexibility index (Phi) is 3.58. The van der Waals surface area contributed by atoms with E-state index in [1.54, 1.807) is 19.2 Å². The zero-order valence-corrected chi connectivity index (χ0v) is 13.5. The smallest absolute Gasteiger partial charge is 0.160 e. The van der Waals surface area contributed by atoms with Gasteiger partial charge in [-0.15, -0.1) is 0 Å². The Hall–Kier alpha value is -2.66. The van der Waals surface area contributed by atoms with E-state index in [1.807, 2.05) is 24.4 Å². The number of rotatable bonds is 3. The third-order valence-electron chi connectivity index (χ3n) is 4.78. The fourth-order valence-corrected chi connectivity index (χ4v) is 3.56. The number of aromatic hydroxyl groups is 2. The summed E-state index contributed by atoms with van der Waals surface area (Å²) in [4.78, 5) is 3.26. The Morgan fingerprint density at radius 3 is 2.92 bits per heavy atom. The third-order valence-corrected chi connectivity index (χ3v) is 4.78. The molecule has 0 spiro atoms. The molecule has 0 aliphatic carbocycles. The Labute approximate surface area is 139 Å². The van der Waals surface area contributed by atoms with Crippen molar-refractivity contribution in [3.8, 4) is 17.2 Å². The summed E-state index contributed by atoms with van der Waals surface area (Å²) in [5.74, 6) is 0.958. The summed E-state index contributed by atoms with van der Waals surface area (Å²) in [7, 11) is 1.56. The fourth-order valence-electron chi connectivity index (χ4n) is 3.56. The summed E-state index contributed by atoms with van der Waals surface area (Å²) in [6, 6.07) is 9.24. The molecule has 0 radical (unpaired) electrons. The van der Waals surface area contributed by atoms with Crippen LogP contribution in [-0.4, -0.2) is 28.9 Å². The molecule has 0 amide bonds. The van der Waals surface area contributed by atoms with Crippen LogP contribution in [0.15, 0.2) is 36.5 Å². The molecule has 4 N–H and O–H groups in total. The molecule has 5 heteroatoms. The van der Waals surface area contributed by atoms with Crippen LogP contribution in [0, 0.1) is 0 Å². The van der Waals surface area contributed by atoms with Gasteiger partial charge in [-0.05, 0) is 66.4 Å². The second-order valence-corrected chi connectivity index (χ2v) is 6.23. The zero-order chi connectivity index (χ0) is 16.7. The minimum atomic E-state index is 0.143. The standard InChI is InChI=1S/C19H20N2O3/c1-24-19-9-15-11(7-18(19)23)4-5-20-17(15)6-12-10-21-16-3-2-13(22)8-14(12)16/h2-3,7-10,17,20-23H,4-6H2,1H3. The predicted molar refractivity (Wildman–Crippen MR) is 92.8 cm³/mol. The maximum absolute atomic E-state index is 10.0. The van der Waals surface area contributed by atoms with Gasteiger partial charge in [0.15, 0.2) is 11.5 Å². The van der Waals surface area contributed by atoms with Crippen molar-refractivity contribution < 1.29 is 14.9 Å². The van der Waals surface area contributed by atoms with Gasteiger partial charge in [0.05, 0.1) is 7.11 Å². The van der Waals surface area contributed by atoms with Gasteiger partial charge < -0.3 is 25.3 Å². The molecule has 1 unspecified atom stereocenters. The SMILES string of the molecule is COc1cc2c(cc1O)CCNC2Cc1c[nH]c2ccc(O)cc12. The molecule has 0 saturated heterocycles. The van der Waals surface area contributed by atoms with Crippen molar-refractivity contribution in [2.24, 2.45) is 0 Å². The van der Waals surface area contributed by atoms with E-state index in [2.05, 4.69) is 10.3 Å². The number of phenols is 2. The molecule has 1 aliphatic heterocycles. The summed E-state index contributed by atoms with van der Waals surface area (Å²) < 4.78 is 5.26. The van der Waals surface area contributed by atoms with Crippen LogP contribution in [0.4, 0.5) is 0 Å². The first kappa shape index (κ1) is 14.9. The number of methoxy groups -OCH3 is 1. The van der Waals surface area contributed by atoms with E-state index < -0.39 is 0 Å². The predicted octanol–water partition coefficient (Wildman–Crippen LogP) is 3.02. The third kappa shape index (κ3) is 2.47. The van der Waals surface area contributed by atoms with Crippen molar-refractivity contribution in [2.75, 3.05) is 13.7 Å². The molecule has 5 nitrogen and oxygen atoms in total. The van der Waals surface area contributed by atoms with Gasteiger partial charge in [0, 0.05) is 23.1 Å². The van der Waals surface area contributed by atoms with E-state index in [4.69, 9.17) is 4.74 Å². The van der Waals surface area contributed by atoms with Crippen LogP contribution in [0.3, 0.4) is 0 Å². The van der Waals surface area contributed by atoms with E-state index in [0.717, 1.165) is 47.0 Å². The summed E-state index contributed by atoms with van der Waals surface area (Å²) >= 11 is 0. The van der Waals surface area contributed by atoms with Gasteiger partial charge in [0.1, 0.15) is 5.75 Å². The number of hydrogen-bond donors (Lipinski definition) is 4. The van der Waals surface area contributed by atoms with E-state index in [9.17, 15) is 10.2 Å². The summed E-state index contributed by atoms with van der Waals surface area (Å²) in [6.45, 7) is 0.872. The highest BCUT2D eigenvalue weighted by Crippen LogP contribution is 2.36. The molecule has 4 rings (SSSR count). The first-order valence-corrected chi connectivity index (χ1v) is 8.08. The molecule has 1 atom stereocenters. The summed E-state index contributed by atoms with van der Waals surface area (Å²) in [5.41, 5.74) is 4.48. The van der Waals surface area contributed by atoms with Gasteiger partial charge in [0.2, 0.25) is 0 Å². The normalized spacial score (nSPS) is 17.0. The zero-order valence-electron chi connectivity index (χ0n) is 13.5. The van der Waals surface area contributed by atoms with Crippen LogP contribution in [0.1, 0.15) is 22.7 Å². The Bertz CT molecular complexity index is 901. The Morgan fingerprint density at radius 2 is 2.08 bits per heavy atom. The van der Waals surface area contributed by atoms with Crippen molar-refractivity contribution >= 4 is 10.9 Å². The molecule has 0 saturated carbocycles. The molecule has 3 aromatic rings. The highest BCUT2D eigenvalue weighted by Gasteiger charge is 2.23. The molecule has 1 aromatic heterocycles. The topological polar surface area (TPSA) is 77.5 Å². The number of benzene rings is 2. The lowest BCUT2D eigenvalue weighted by Gasteiger charge is -2.27. The van der Waals surface area contributed by atoms with E-state index >= 15 is 0 Å². The van der Waals surface area contributed by atoms with Gasteiger partial charge in [-0.1, -0.05) is 0 Å². The number of aromatic amines is 1. The quantitative estimate of drug-likeness (QED) is 0.597. The average molecular weight is 324 g/mol. The first-order chi connectivity index (χ1) is 11.7. The van der Waals surface area contributed by atoms with Gasteiger partial charge in [-0.2, -0.15) is 0 Å². The molecule has 124 valence electrons. The highest BCUT2D eigenvalue weighted by atomic mass is 16.5. The molecular weight excluding hydrogens is 304 g/mol. The monoisotopic (exact) mass is 324 g/mol. The van der Waals surface area contributed by atoms with Gasteiger partial charge in [-0.25, -0.2) is 0 Å². The number of nitrogens with one attached hydrogen (secondary N) is 2. The molecule has 24 heavy (non-hydrogen) atoms. The van der Waals surface area contributed by atoms with Gasteiger partial charge in [-0.3, -0.25) is 0 Å². The number of ether oxygens (including phenoxy) is 1. The number of H-pyrrole nitrogens is 1. The lowest BCUT2D eigenvalue weighted by atomic mass is 9.89. The molecular formula is C19H20N2O3. The minimum Gasteiger partial charge on any atom is -0.508 e. The fraction of sp³-hybridized carbons (Fsp3) is 0.263. The summed E-state index contributed by atoms with van der Waals surface area (Å²) in [6.07, 6.45) is 3.68. The number of fused-ring (bicyclic) bond motifs is 2. The number of phenolic OH excluding ortho intramolecular Hbond substituents is 2. The lowest BCUT2D eigenvalue weighted by molar-refractivity contribution is 0.370. The van der Waals surface area contributed by atoms with Crippen molar-refractivity contribution in [3.63, 3.8) is 0 Å². The van der Waals surface area contributed by atoms with Gasteiger partial charge >= 0.3 is 0 Å². The van der Waals surface area contributed by atoms with Crippen LogP contribution < -0.4 is 10.1 Å². The molecule has 2 aromatic carbocycles. The minimum absolute atomic E-state index is 0.143. The Morgan fingerprint density at radius 1 is 1.21 bits per heavy atom. The largest absolute Gasteiger partial charge is 0.508 e. The maximum Gasteiger partial charge on any atom is 0.160 e. The molecule has 2 heterocycles. The summed E-state index contributed by atoms with van der Waals surface area (Å²) in [5, 5.41) is 24.4. The van der Waals surface area contributed by atoms with Gasteiger partial charge in [0.25, 0.3) is 0 Å². The lowest BCUT2D eigenvalue weighted by Crippen LogP contribution is -2.31. The highest BCUT2D eigenvalue weighted by molar-refractivity contribution is 5.84. The van der Waals surface area contributed by atoms with E-state index in [-0.39, 0.29) is 17.5 Å². The van der Waals surface area contributed by atoms with E-state index in [0.29, 0.717) is 5.75 Å².